The summed E-state index contributed by atoms with van der Waals surface area (Å²) < 4.78 is 51.8. The van der Waals surface area contributed by atoms with E-state index in [1.165, 1.54) is 7.05 Å². The van der Waals surface area contributed by atoms with Crippen LogP contribution >= 0.6 is 24.0 Å². The molecule has 0 spiro atoms. The Balaban J connectivity index is 0.00000484. The number of guanidine groups is 1. The van der Waals surface area contributed by atoms with E-state index in [0.717, 1.165) is 12.1 Å². The number of nitrogens with one attached hydrogen (secondary N) is 2. The Morgan fingerprint density at radius 2 is 1.83 bits per heavy atom. The van der Waals surface area contributed by atoms with E-state index < -0.39 is 17.6 Å². The molecule has 0 radical (unpaired) electrons. The fraction of sp³-hybridized carbons (Fsp3) is 0.533. The van der Waals surface area contributed by atoms with Crippen LogP contribution in [0.5, 0.6) is 0 Å². The summed E-state index contributed by atoms with van der Waals surface area (Å²) in [7, 11) is 1.54. The van der Waals surface area contributed by atoms with Crippen molar-refractivity contribution in [3.8, 4) is 0 Å². The first-order valence-corrected chi connectivity index (χ1v) is 6.98. The van der Waals surface area contributed by atoms with Crippen molar-refractivity contribution in [1.29, 1.82) is 0 Å². The number of alkyl halides is 3. The van der Waals surface area contributed by atoms with E-state index in [1.807, 2.05) is 20.8 Å². The average molecular weight is 447 g/mol. The van der Waals surface area contributed by atoms with E-state index in [0.29, 0.717) is 17.9 Å². The van der Waals surface area contributed by atoms with Crippen LogP contribution in [-0.2, 0) is 12.7 Å². The van der Waals surface area contributed by atoms with Gasteiger partial charge in [0.1, 0.15) is 5.82 Å². The number of benzene rings is 1. The van der Waals surface area contributed by atoms with Gasteiger partial charge in [-0.2, -0.15) is 13.2 Å². The van der Waals surface area contributed by atoms with Crippen molar-refractivity contribution in [3.63, 3.8) is 0 Å². The number of aliphatic imine (C=N–C) groups is 1. The quantitative estimate of drug-likeness (QED) is 0.315. The minimum atomic E-state index is -4.60. The van der Waals surface area contributed by atoms with Crippen molar-refractivity contribution >= 4 is 29.9 Å². The molecule has 0 aromatic heterocycles. The molecule has 0 aliphatic heterocycles. The van der Waals surface area contributed by atoms with E-state index in [2.05, 4.69) is 15.6 Å². The molecule has 1 aromatic rings. The maximum Gasteiger partial charge on any atom is 0.416 e. The van der Waals surface area contributed by atoms with Gasteiger partial charge < -0.3 is 10.6 Å². The van der Waals surface area contributed by atoms with Crippen molar-refractivity contribution in [1.82, 2.24) is 10.6 Å². The molecule has 132 valence electrons. The molecule has 0 bridgehead atoms. The summed E-state index contributed by atoms with van der Waals surface area (Å²) in [6.07, 6.45) is -4.60. The summed E-state index contributed by atoms with van der Waals surface area (Å²) in [6, 6.07) is 2.76. The van der Waals surface area contributed by atoms with Gasteiger partial charge in [-0.3, -0.25) is 4.99 Å². The molecule has 0 amide bonds. The molecule has 0 aliphatic carbocycles. The summed E-state index contributed by atoms with van der Waals surface area (Å²) in [5.41, 5.74) is -1.01. The molecule has 8 heteroatoms. The van der Waals surface area contributed by atoms with Gasteiger partial charge in [0.05, 0.1) is 5.56 Å². The van der Waals surface area contributed by atoms with Crippen LogP contribution < -0.4 is 10.6 Å². The van der Waals surface area contributed by atoms with Crippen LogP contribution in [0.4, 0.5) is 17.6 Å². The molecule has 1 unspecified atom stereocenters. The number of hydrogen-bond donors (Lipinski definition) is 2. The lowest BCUT2D eigenvalue weighted by atomic mass is 10.1. The van der Waals surface area contributed by atoms with Gasteiger partial charge >= 0.3 is 6.18 Å². The molecule has 0 saturated heterocycles. The first-order chi connectivity index (χ1) is 10.1. The Morgan fingerprint density at radius 1 is 1.22 bits per heavy atom. The molecule has 1 aromatic carbocycles. The largest absolute Gasteiger partial charge is 0.416 e. The maximum absolute atomic E-state index is 13.0. The molecule has 0 aliphatic rings. The summed E-state index contributed by atoms with van der Waals surface area (Å²) in [5.74, 6) is -0.166. The molecule has 2 N–H and O–H groups in total. The van der Waals surface area contributed by atoms with E-state index >= 15 is 0 Å². The van der Waals surface area contributed by atoms with Crippen molar-refractivity contribution in [2.45, 2.75) is 39.5 Å². The van der Waals surface area contributed by atoms with Gasteiger partial charge in [0, 0.05) is 19.6 Å². The molecular formula is C15H22F4IN3. The van der Waals surface area contributed by atoms with Crippen LogP contribution in [0, 0.1) is 11.7 Å². The van der Waals surface area contributed by atoms with Crippen LogP contribution in [-0.4, -0.2) is 19.0 Å². The highest BCUT2D eigenvalue weighted by molar-refractivity contribution is 14.0. The normalized spacial score (nSPS) is 13.5. The predicted molar refractivity (Wildman–Crippen MR) is 94.5 cm³/mol. The van der Waals surface area contributed by atoms with Gasteiger partial charge in [0.15, 0.2) is 5.96 Å². The Kier molecular flexibility index (Phi) is 8.86. The third-order valence-corrected chi connectivity index (χ3v) is 3.41. The van der Waals surface area contributed by atoms with Crippen LogP contribution in [0.25, 0.3) is 0 Å². The maximum atomic E-state index is 13.0. The van der Waals surface area contributed by atoms with Gasteiger partial charge in [0.25, 0.3) is 0 Å². The number of hydrogen-bond acceptors (Lipinski definition) is 1. The van der Waals surface area contributed by atoms with Gasteiger partial charge in [-0.1, -0.05) is 19.9 Å². The summed E-state index contributed by atoms with van der Waals surface area (Å²) >= 11 is 0. The van der Waals surface area contributed by atoms with E-state index in [4.69, 9.17) is 0 Å². The molecule has 23 heavy (non-hydrogen) atoms. The van der Waals surface area contributed by atoms with Crippen LogP contribution in [0.3, 0.4) is 0 Å². The third kappa shape index (κ3) is 6.92. The van der Waals surface area contributed by atoms with E-state index in [1.54, 1.807) is 0 Å². The highest BCUT2D eigenvalue weighted by Gasteiger charge is 2.33. The molecule has 1 atom stereocenters. The van der Waals surface area contributed by atoms with Crippen molar-refractivity contribution < 1.29 is 17.6 Å². The molecule has 0 fully saturated rings. The summed E-state index contributed by atoms with van der Waals surface area (Å²) in [5, 5.41) is 5.91. The second-order valence-corrected chi connectivity index (χ2v) is 5.40. The number of halogens is 5. The molecule has 3 nitrogen and oxygen atoms in total. The summed E-state index contributed by atoms with van der Waals surface area (Å²) in [6.45, 7) is 5.90. The minimum absolute atomic E-state index is 0. The van der Waals surface area contributed by atoms with Crippen molar-refractivity contribution in [3.05, 3.63) is 35.1 Å². The fourth-order valence-corrected chi connectivity index (χ4v) is 1.72. The topological polar surface area (TPSA) is 36.4 Å². The fourth-order valence-electron chi connectivity index (χ4n) is 1.72. The van der Waals surface area contributed by atoms with Gasteiger partial charge in [-0.05, 0) is 30.5 Å². The third-order valence-electron chi connectivity index (χ3n) is 3.41. The summed E-state index contributed by atoms with van der Waals surface area (Å²) in [4.78, 5) is 3.97. The van der Waals surface area contributed by atoms with Gasteiger partial charge in [0.2, 0.25) is 0 Å². The predicted octanol–water partition coefficient (Wildman–Crippen LogP) is 4.17. The number of rotatable bonds is 4. The van der Waals surface area contributed by atoms with E-state index in [-0.39, 0.29) is 42.1 Å². The van der Waals surface area contributed by atoms with Gasteiger partial charge in [-0.15, -0.1) is 24.0 Å². The second kappa shape index (κ2) is 9.29. The monoisotopic (exact) mass is 447 g/mol. The molecule has 1 rings (SSSR count). The Hall–Kier alpha value is -1.06. The SMILES string of the molecule is CN=C(NCc1ccc(F)cc1C(F)(F)F)NC(C)C(C)C.I. The average Bonchev–Trinajstić information content (AvgIpc) is 2.42. The minimum Gasteiger partial charge on any atom is -0.354 e. The molecule has 0 saturated carbocycles. The highest BCUT2D eigenvalue weighted by atomic mass is 127. The van der Waals surface area contributed by atoms with Crippen LogP contribution in [0.1, 0.15) is 31.9 Å². The Morgan fingerprint density at radius 3 is 2.30 bits per heavy atom. The zero-order valence-electron chi connectivity index (χ0n) is 13.5. The smallest absolute Gasteiger partial charge is 0.354 e. The zero-order chi connectivity index (χ0) is 16.9. The number of nitrogens with zero attached hydrogens (tertiary/aromatic N) is 1. The lowest BCUT2D eigenvalue weighted by molar-refractivity contribution is -0.138. The first kappa shape index (κ1) is 21.9. The standard InChI is InChI=1S/C15H21F4N3.HI/c1-9(2)10(3)22-14(20-4)21-8-11-5-6-12(16)7-13(11)15(17,18)19;/h5-7,9-10H,8H2,1-4H3,(H2,20,21,22);1H. The lowest BCUT2D eigenvalue weighted by Gasteiger charge is -2.21. The molecular weight excluding hydrogens is 425 g/mol. The molecule has 0 heterocycles. The van der Waals surface area contributed by atoms with E-state index in [9.17, 15) is 17.6 Å². The highest BCUT2D eigenvalue weighted by Crippen LogP contribution is 2.32. The van der Waals surface area contributed by atoms with Crippen molar-refractivity contribution in [2.75, 3.05) is 7.05 Å². The lowest BCUT2D eigenvalue weighted by Crippen LogP contribution is -2.44. The Labute approximate surface area is 151 Å². The second-order valence-electron chi connectivity index (χ2n) is 5.40. The zero-order valence-corrected chi connectivity index (χ0v) is 15.8. The van der Waals surface area contributed by atoms with Crippen LogP contribution in [0.15, 0.2) is 23.2 Å². The van der Waals surface area contributed by atoms with Crippen molar-refractivity contribution in [2.24, 2.45) is 10.9 Å². The van der Waals surface area contributed by atoms with Crippen LogP contribution in [0.2, 0.25) is 0 Å². The Bertz CT molecular complexity index is 530. The van der Waals surface area contributed by atoms with Gasteiger partial charge in [-0.25, -0.2) is 4.39 Å². The first-order valence-electron chi connectivity index (χ1n) is 6.98.